The highest BCUT2D eigenvalue weighted by Gasteiger charge is 2.44. The van der Waals surface area contributed by atoms with Gasteiger partial charge in [-0.2, -0.15) is 0 Å². The zero-order valence-corrected chi connectivity index (χ0v) is 17.7. The second kappa shape index (κ2) is 7.45. The third-order valence-electron chi connectivity index (χ3n) is 5.33. The summed E-state index contributed by atoms with van der Waals surface area (Å²) in [5.74, 6) is 0.00477. The molecule has 0 spiro atoms. The van der Waals surface area contributed by atoms with Gasteiger partial charge in [0, 0.05) is 27.8 Å². The Balaban J connectivity index is 1.48. The van der Waals surface area contributed by atoms with E-state index in [1.807, 2.05) is 49.4 Å². The minimum absolute atomic E-state index is 0.0604. The highest BCUT2D eigenvalue weighted by atomic mass is 32.2. The quantitative estimate of drug-likeness (QED) is 0.499. The van der Waals surface area contributed by atoms with Crippen molar-refractivity contribution in [1.82, 2.24) is 4.57 Å². The Morgan fingerprint density at radius 1 is 1.20 bits per heavy atom. The van der Waals surface area contributed by atoms with Crippen molar-refractivity contribution >= 4 is 40.7 Å². The number of hydrogen-bond donors (Lipinski definition) is 1. The van der Waals surface area contributed by atoms with Crippen molar-refractivity contribution in [3.63, 3.8) is 0 Å². The summed E-state index contributed by atoms with van der Waals surface area (Å²) in [4.78, 5) is 38.6. The van der Waals surface area contributed by atoms with E-state index in [1.54, 1.807) is 6.07 Å². The number of para-hydroxylation sites is 1. The van der Waals surface area contributed by atoms with Crippen molar-refractivity contribution in [2.24, 2.45) is 5.92 Å². The fourth-order valence-electron chi connectivity index (χ4n) is 3.98. The predicted octanol–water partition coefficient (Wildman–Crippen LogP) is 3.63. The lowest BCUT2D eigenvalue weighted by Gasteiger charge is -2.34. The Morgan fingerprint density at radius 2 is 2.03 bits per heavy atom. The van der Waals surface area contributed by atoms with Gasteiger partial charge in [0.1, 0.15) is 12.3 Å². The summed E-state index contributed by atoms with van der Waals surface area (Å²) >= 11 is 2.56. The number of ether oxygens (including phenoxy) is 1. The van der Waals surface area contributed by atoms with E-state index in [-0.39, 0.29) is 35.1 Å². The first-order chi connectivity index (χ1) is 14.5. The number of nitrogens with one attached hydrogen (secondary N) is 1. The molecule has 2 aromatic carbocycles. The molecule has 3 aromatic rings. The molecule has 30 heavy (non-hydrogen) atoms. The van der Waals surface area contributed by atoms with Gasteiger partial charge in [-0.05, 0) is 30.7 Å². The number of aromatic nitrogens is 1. The van der Waals surface area contributed by atoms with Crippen molar-refractivity contribution in [3.05, 3.63) is 74.2 Å². The SMILES string of the molecule is Cc1cccc(NC(=O)Cn2c3c(sc2=O)C2c4ccccc4OC(=O)C2CS3)c1. The Kier molecular flexibility index (Phi) is 4.75. The Hall–Kier alpha value is -2.84. The predicted molar refractivity (Wildman–Crippen MR) is 117 cm³/mol. The highest BCUT2D eigenvalue weighted by molar-refractivity contribution is 7.99. The van der Waals surface area contributed by atoms with Crippen molar-refractivity contribution in [2.45, 2.75) is 24.4 Å². The number of carbonyl (C=O) groups excluding carboxylic acids is 2. The molecule has 0 saturated heterocycles. The van der Waals surface area contributed by atoms with Gasteiger partial charge >= 0.3 is 10.8 Å². The van der Waals surface area contributed by atoms with Gasteiger partial charge in [-0.1, -0.05) is 41.7 Å². The van der Waals surface area contributed by atoms with Crippen LogP contribution in [0, 0.1) is 12.8 Å². The second-order valence-electron chi connectivity index (χ2n) is 7.40. The molecule has 0 aliphatic carbocycles. The lowest BCUT2D eigenvalue weighted by molar-refractivity contribution is -0.140. The monoisotopic (exact) mass is 438 g/mol. The van der Waals surface area contributed by atoms with E-state index in [0.29, 0.717) is 17.2 Å². The van der Waals surface area contributed by atoms with Crippen LogP contribution in [0.5, 0.6) is 5.75 Å². The molecule has 2 unspecified atom stereocenters. The molecule has 2 atom stereocenters. The molecule has 2 aliphatic rings. The average molecular weight is 439 g/mol. The summed E-state index contributed by atoms with van der Waals surface area (Å²) in [6.07, 6.45) is 0. The second-order valence-corrected chi connectivity index (χ2v) is 9.40. The summed E-state index contributed by atoms with van der Waals surface area (Å²) in [6, 6.07) is 15.0. The molecule has 1 N–H and O–H groups in total. The molecular formula is C22H18N2O4S2. The summed E-state index contributed by atoms with van der Waals surface area (Å²) in [6.45, 7) is 1.89. The van der Waals surface area contributed by atoms with Crippen LogP contribution in [0.3, 0.4) is 0 Å². The molecule has 8 heteroatoms. The maximum atomic E-state index is 12.8. The molecule has 0 radical (unpaired) electrons. The number of rotatable bonds is 3. The van der Waals surface area contributed by atoms with Gasteiger partial charge < -0.3 is 10.1 Å². The molecular weight excluding hydrogens is 420 g/mol. The van der Waals surface area contributed by atoms with E-state index in [2.05, 4.69) is 5.32 Å². The van der Waals surface area contributed by atoms with Crippen molar-refractivity contribution < 1.29 is 14.3 Å². The number of hydrogen-bond acceptors (Lipinski definition) is 6. The number of amides is 1. The topological polar surface area (TPSA) is 77.4 Å². The van der Waals surface area contributed by atoms with Crippen molar-refractivity contribution in [2.75, 3.05) is 11.1 Å². The lowest BCUT2D eigenvalue weighted by atomic mass is 9.83. The largest absolute Gasteiger partial charge is 0.426 e. The summed E-state index contributed by atoms with van der Waals surface area (Å²) in [7, 11) is 0. The minimum Gasteiger partial charge on any atom is -0.426 e. The standard InChI is InChI=1S/C22H18N2O4S2/c1-12-5-4-6-13(9-12)23-17(25)10-24-20-19(30-22(24)27)18-14-7-2-3-8-16(14)28-21(26)15(18)11-29-20/h2-9,15,18H,10-11H2,1H3,(H,23,25). The van der Waals surface area contributed by atoms with Crippen LogP contribution in [0.25, 0.3) is 0 Å². The van der Waals surface area contributed by atoms with Crippen LogP contribution < -0.4 is 14.9 Å². The zero-order valence-electron chi connectivity index (χ0n) is 16.1. The van der Waals surface area contributed by atoms with Crippen molar-refractivity contribution in [3.8, 4) is 5.75 Å². The molecule has 3 heterocycles. The first-order valence-corrected chi connectivity index (χ1v) is 11.3. The molecule has 5 rings (SSSR count). The number of esters is 1. The minimum atomic E-state index is -0.329. The third-order valence-corrected chi connectivity index (χ3v) is 7.76. The van der Waals surface area contributed by atoms with Crippen LogP contribution >= 0.6 is 23.1 Å². The summed E-state index contributed by atoms with van der Waals surface area (Å²) in [5.41, 5.74) is 2.66. The van der Waals surface area contributed by atoms with Gasteiger partial charge in [-0.25, -0.2) is 0 Å². The molecule has 1 aromatic heterocycles. The van der Waals surface area contributed by atoms with Crippen LogP contribution in [0.4, 0.5) is 5.69 Å². The number of benzene rings is 2. The smallest absolute Gasteiger partial charge is 0.316 e. The lowest BCUT2D eigenvalue weighted by Crippen LogP contribution is -2.36. The number of nitrogens with zero attached hydrogens (tertiary/aromatic N) is 1. The van der Waals surface area contributed by atoms with E-state index in [4.69, 9.17) is 4.74 Å². The molecule has 0 fully saturated rings. The van der Waals surface area contributed by atoms with E-state index in [1.165, 1.54) is 16.3 Å². The van der Waals surface area contributed by atoms with Crippen LogP contribution in [0.15, 0.2) is 58.4 Å². The van der Waals surface area contributed by atoms with Gasteiger partial charge in [0.05, 0.1) is 10.9 Å². The number of aryl methyl sites for hydroxylation is 1. The number of carbonyl (C=O) groups is 2. The molecule has 2 aliphatic heterocycles. The van der Waals surface area contributed by atoms with Crippen LogP contribution in [0.2, 0.25) is 0 Å². The van der Waals surface area contributed by atoms with Gasteiger partial charge in [-0.15, -0.1) is 11.8 Å². The average Bonchev–Trinajstić information content (AvgIpc) is 3.03. The number of thioether (sulfide) groups is 1. The molecule has 1 amide bonds. The number of thiazole rings is 1. The fraction of sp³-hybridized carbons (Fsp3) is 0.227. The van der Waals surface area contributed by atoms with Crippen LogP contribution in [0.1, 0.15) is 21.9 Å². The number of fused-ring (bicyclic) bond motifs is 5. The maximum Gasteiger partial charge on any atom is 0.316 e. The maximum absolute atomic E-state index is 12.8. The highest BCUT2D eigenvalue weighted by Crippen LogP contribution is 2.50. The Bertz CT molecular complexity index is 1230. The zero-order chi connectivity index (χ0) is 20.8. The third kappa shape index (κ3) is 3.26. The summed E-state index contributed by atoms with van der Waals surface area (Å²) < 4.78 is 7.02. The van der Waals surface area contributed by atoms with Gasteiger partial charge in [-0.3, -0.25) is 19.0 Å². The Morgan fingerprint density at radius 3 is 2.87 bits per heavy atom. The van der Waals surface area contributed by atoms with Gasteiger partial charge in [0.25, 0.3) is 0 Å². The molecule has 6 nitrogen and oxygen atoms in total. The van der Waals surface area contributed by atoms with Gasteiger partial charge in [0.2, 0.25) is 5.91 Å². The first-order valence-electron chi connectivity index (χ1n) is 9.54. The molecule has 152 valence electrons. The van der Waals surface area contributed by atoms with E-state index < -0.39 is 0 Å². The van der Waals surface area contributed by atoms with Crippen LogP contribution in [-0.2, 0) is 16.1 Å². The van der Waals surface area contributed by atoms with E-state index >= 15 is 0 Å². The van der Waals surface area contributed by atoms with Crippen molar-refractivity contribution in [1.29, 1.82) is 0 Å². The molecule has 0 saturated carbocycles. The normalized spacial score (nSPS) is 19.3. The number of anilines is 1. The first kappa shape index (κ1) is 19.1. The summed E-state index contributed by atoms with van der Waals surface area (Å²) in [5, 5.41) is 3.63. The van der Waals surface area contributed by atoms with Crippen LogP contribution in [-0.4, -0.2) is 22.2 Å². The van der Waals surface area contributed by atoms with Gasteiger partial charge in [0.15, 0.2) is 0 Å². The Labute approximate surface area is 180 Å². The fourth-order valence-corrected chi connectivity index (χ4v) is 6.65. The van der Waals surface area contributed by atoms with E-state index in [9.17, 15) is 14.4 Å². The molecule has 0 bridgehead atoms. The van der Waals surface area contributed by atoms with E-state index in [0.717, 1.165) is 32.4 Å².